The van der Waals surface area contributed by atoms with E-state index < -0.39 is 0 Å². The molecule has 0 radical (unpaired) electrons. The smallest absolute Gasteiger partial charge is 0.226 e. The summed E-state index contributed by atoms with van der Waals surface area (Å²) in [6.07, 6.45) is 1.48. The molecular formula is C14H19BrN2O. The minimum Gasteiger partial charge on any atom is -0.380 e. The Morgan fingerprint density at radius 1 is 1.33 bits per heavy atom. The molecule has 0 spiro atoms. The van der Waals surface area contributed by atoms with Crippen molar-refractivity contribution >= 4 is 33.2 Å². The molecule has 0 aliphatic carbocycles. The molecule has 1 aromatic rings. The second-order valence-corrected chi connectivity index (χ2v) is 6.96. The molecule has 1 aliphatic rings. The summed E-state index contributed by atoms with van der Waals surface area (Å²) in [4.78, 5) is 11.9. The molecule has 1 heterocycles. The maximum Gasteiger partial charge on any atom is 0.226 e. The van der Waals surface area contributed by atoms with Crippen molar-refractivity contribution in [3.05, 3.63) is 22.7 Å². The van der Waals surface area contributed by atoms with E-state index in [9.17, 15) is 4.79 Å². The number of rotatable bonds is 1. The topological polar surface area (TPSA) is 41.1 Å². The molecular weight excluding hydrogens is 292 g/mol. The molecule has 0 aromatic heterocycles. The first-order chi connectivity index (χ1) is 8.33. The van der Waals surface area contributed by atoms with Crippen LogP contribution >= 0.6 is 15.9 Å². The summed E-state index contributed by atoms with van der Waals surface area (Å²) in [6.45, 7) is 6.58. The number of hydrogen-bond acceptors (Lipinski definition) is 2. The van der Waals surface area contributed by atoms with Gasteiger partial charge in [-0.1, -0.05) is 36.7 Å². The number of nitrogens with one attached hydrogen (secondary N) is 2. The van der Waals surface area contributed by atoms with Crippen molar-refractivity contribution in [2.45, 2.75) is 39.7 Å². The molecule has 0 saturated carbocycles. The number of carbonyl (C=O) groups is 1. The van der Waals surface area contributed by atoms with Crippen molar-refractivity contribution in [3.63, 3.8) is 0 Å². The summed E-state index contributed by atoms with van der Waals surface area (Å²) in [6, 6.07) is 6.05. The Hall–Kier alpha value is -1.03. The van der Waals surface area contributed by atoms with Crippen LogP contribution in [0.15, 0.2) is 22.7 Å². The molecule has 3 nitrogen and oxygen atoms in total. The van der Waals surface area contributed by atoms with Gasteiger partial charge in [0.1, 0.15) is 0 Å². The Kier molecular flexibility index (Phi) is 3.66. The fourth-order valence-corrected chi connectivity index (χ4v) is 2.66. The number of carbonyl (C=O) groups excluding carboxylic acids is 1. The van der Waals surface area contributed by atoms with Gasteiger partial charge in [0.05, 0.1) is 11.4 Å². The number of fused-ring (bicyclic) bond motifs is 1. The Labute approximate surface area is 116 Å². The largest absolute Gasteiger partial charge is 0.380 e. The van der Waals surface area contributed by atoms with E-state index in [2.05, 4.69) is 47.3 Å². The normalized spacial score (nSPS) is 19.6. The maximum absolute atomic E-state index is 11.9. The number of amides is 1. The third-order valence-electron chi connectivity index (χ3n) is 2.91. The summed E-state index contributed by atoms with van der Waals surface area (Å²) >= 11 is 3.46. The molecule has 4 heteroatoms. The number of benzene rings is 1. The van der Waals surface area contributed by atoms with E-state index in [0.29, 0.717) is 6.42 Å². The van der Waals surface area contributed by atoms with Gasteiger partial charge in [0, 0.05) is 16.9 Å². The summed E-state index contributed by atoms with van der Waals surface area (Å²) in [5.41, 5.74) is 2.05. The Balaban J connectivity index is 2.25. The molecule has 1 unspecified atom stereocenters. The van der Waals surface area contributed by atoms with Gasteiger partial charge in [0.15, 0.2) is 0 Å². The fraction of sp³-hybridized carbons (Fsp3) is 0.500. The van der Waals surface area contributed by atoms with Crippen LogP contribution in [0.2, 0.25) is 0 Å². The molecule has 2 rings (SSSR count). The number of hydrogen-bond donors (Lipinski definition) is 2. The van der Waals surface area contributed by atoms with Crippen molar-refractivity contribution in [3.8, 4) is 0 Å². The van der Waals surface area contributed by atoms with Crippen molar-refractivity contribution in [2.24, 2.45) is 5.41 Å². The van der Waals surface area contributed by atoms with Gasteiger partial charge in [-0.25, -0.2) is 0 Å². The van der Waals surface area contributed by atoms with Gasteiger partial charge >= 0.3 is 0 Å². The van der Waals surface area contributed by atoms with Crippen LogP contribution in [0.1, 0.15) is 33.6 Å². The Morgan fingerprint density at radius 2 is 2.06 bits per heavy atom. The van der Waals surface area contributed by atoms with E-state index in [-0.39, 0.29) is 17.4 Å². The van der Waals surface area contributed by atoms with Crippen molar-refractivity contribution in [1.82, 2.24) is 0 Å². The predicted octanol–water partition coefficient (Wildman–Crippen LogP) is 4.01. The maximum atomic E-state index is 11.9. The third kappa shape index (κ3) is 3.48. The molecule has 18 heavy (non-hydrogen) atoms. The summed E-state index contributed by atoms with van der Waals surface area (Å²) in [5.74, 6) is 0.0813. The highest BCUT2D eigenvalue weighted by molar-refractivity contribution is 9.10. The molecule has 2 N–H and O–H groups in total. The van der Waals surface area contributed by atoms with Gasteiger partial charge < -0.3 is 10.6 Å². The minimum atomic E-state index is 0.0813. The highest BCUT2D eigenvalue weighted by atomic mass is 79.9. The van der Waals surface area contributed by atoms with Crippen LogP contribution in [0.4, 0.5) is 11.4 Å². The van der Waals surface area contributed by atoms with E-state index in [1.54, 1.807) is 0 Å². The van der Waals surface area contributed by atoms with Gasteiger partial charge in [-0.3, -0.25) is 4.79 Å². The first kappa shape index (κ1) is 13.4. The monoisotopic (exact) mass is 310 g/mol. The lowest BCUT2D eigenvalue weighted by atomic mass is 9.87. The van der Waals surface area contributed by atoms with E-state index in [4.69, 9.17) is 0 Å². The molecule has 0 fully saturated rings. The van der Waals surface area contributed by atoms with Gasteiger partial charge in [-0.05, 0) is 30.0 Å². The zero-order valence-electron chi connectivity index (χ0n) is 11.0. The first-order valence-corrected chi connectivity index (χ1v) is 6.99. The zero-order chi connectivity index (χ0) is 13.3. The summed E-state index contributed by atoms with van der Waals surface area (Å²) < 4.78 is 1.01. The third-order valence-corrected chi connectivity index (χ3v) is 3.40. The molecule has 0 bridgehead atoms. The van der Waals surface area contributed by atoms with Gasteiger partial charge in [-0.15, -0.1) is 0 Å². The number of halogens is 1. The highest BCUT2D eigenvalue weighted by Gasteiger charge is 2.25. The van der Waals surface area contributed by atoms with E-state index in [1.165, 1.54) is 0 Å². The first-order valence-electron chi connectivity index (χ1n) is 6.19. The van der Waals surface area contributed by atoms with Crippen LogP contribution in [0.5, 0.6) is 0 Å². The van der Waals surface area contributed by atoms with Crippen LogP contribution in [-0.4, -0.2) is 11.9 Å². The van der Waals surface area contributed by atoms with E-state index >= 15 is 0 Å². The van der Waals surface area contributed by atoms with Crippen molar-refractivity contribution in [2.75, 3.05) is 10.6 Å². The standard InChI is InChI=1S/C14H19BrN2O/c1-14(2,3)8-10-7-13(18)17-11-5-4-9(15)6-12(11)16-10/h4-6,10,16H,7-8H2,1-3H3,(H,17,18). The molecule has 1 aromatic carbocycles. The van der Waals surface area contributed by atoms with Crippen LogP contribution in [0.3, 0.4) is 0 Å². The highest BCUT2D eigenvalue weighted by Crippen LogP contribution is 2.32. The molecule has 1 atom stereocenters. The van der Waals surface area contributed by atoms with Crippen molar-refractivity contribution in [1.29, 1.82) is 0 Å². The van der Waals surface area contributed by atoms with Crippen LogP contribution in [0, 0.1) is 5.41 Å². The molecule has 1 aliphatic heterocycles. The lowest BCUT2D eigenvalue weighted by Gasteiger charge is -2.25. The fourth-order valence-electron chi connectivity index (χ4n) is 2.30. The Morgan fingerprint density at radius 3 is 2.72 bits per heavy atom. The van der Waals surface area contributed by atoms with Crippen LogP contribution in [-0.2, 0) is 4.79 Å². The van der Waals surface area contributed by atoms with Gasteiger partial charge in [-0.2, -0.15) is 0 Å². The van der Waals surface area contributed by atoms with E-state index in [1.807, 2.05) is 18.2 Å². The van der Waals surface area contributed by atoms with Gasteiger partial charge in [0.25, 0.3) is 0 Å². The average Bonchev–Trinajstić information content (AvgIpc) is 2.32. The molecule has 1 amide bonds. The lowest BCUT2D eigenvalue weighted by molar-refractivity contribution is -0.116. The lowest BCUT2D eigenvalue weighted by Crippen LogP contribution is -2.27. The molecule has 98 valence electrons. The van der Waals surface area contributed by atoms with Crippen LogP contribution in [0.25, 0.3) is 0 Å². The van der Waals surface area contributed by atoms with Crippen molar-refractivity contribution < 1.29 is 4.79 Å². The number of anilines is 2. The summed E-state index contributed by atoms with van der Waals surface area (Å²) in [5, 5.41) is 6.42. The van der Waals surface area contributed by atoms with E-state index in [0.717, 1.165) is 22.3 Å². The second-order valence-electron chi connectivity index (χ2n) is 6.05. The average molecular weight is 311 g/mol. The summed E-state index contributed by atoms with van der Waals surface area (Å²) in [7, 11) is 0. The molecule has 0 saturated heterocycles. The van der Waals surface area contributed by atoms with Gasteiger partial charge in [0.2, 0.25) is 5.91 Å². The second kappa shape index (κ2) is 4.92. The van der Waals surface area contributed by atoms with Crippen LogP contribution < -0.4 is 10.6 Å². The minimum absolute atomic E-state index is 0.0813. The SMILES string of the molecule is CC(C)(C)CC1CC(=O)Nc2ccc(Br)cc2N1. The quantitative estimate of drug-likeness (QED) is 0.823. The predicted molar refractivity (Wildman–Crippen MR) is 78.9 cm³/mol. The zero-order valence-corrected chi connectivity index (χ0v) is 12.6. The Bertz CT molecular complexity index is 465.